The first-order valence-electron chi connectivity index (χ1n) is 6.76. The monoisotopic (exact) mass is 325 g/mol. The van der Waals surface area contributed by atoms with Crippen LogP contribution < -0.4 is 5.32 Å². The van der Waals surface area contributed by atoms with Crippen LogP contribution in [-0.4, -0.2) is 18.6 Å². The highest BCUT2D eigenvalue weighted by Gasteiger charge is 2.31. The summed E-state index contributed by atoms with van der Waals surface area (Å²) in [6.07, 6.45) is 2.98. The summed E-state index contributed by atoms with van der Waals surface area (Å²) in [5, 5.41) is 2.97. The average Bonchev–Trinajstić information content (AvgIpc) is 2.31. The Morgan fingerprint density at radius 2 is 2.21 bits per heavy atom. The molecule has 2 rings (SSSR count). The van der Waals surface area contributed by atoms with Crippen molar-refractivity contribution in [3.8, 4) is 0 Å². The van der Waals surface area contributed by atoms with Crippen molar-refractivity contribution in [3.05, 3.63) is 28.2 Å². The Morgan fingerprint density at radius 1 is 1.47 bits per heavy atom. The van der Waals surface area contributed by atoms with Crippen LogP contribution in [-0.2, 0) is 9.53 Å². The molecule has 1 aliphatic carbocycles. The van der Waals surface area contributed by atoms with Crippen LogP contribution in [0.3, 0.4) is 0 Å². The number of halogens is 1. The summed E-state index contributed by atoms with van der Waals surface area (Å²) in [5.74, 6) is 0.561. The Labute approximate surface area is 122 Å². The molecule has 3 nitrogen and oxygen atoms in total. The van der Waals surface area contributed by atoms with Crippen LogP contribution in [0.4, 0.5) is 5.69 Å². The van der Waals surface area contributed by atoms with Gasteiger partial charge in [-0.05, 0) is 66.2 Å². The lowest BCUT2D eigenvalue weighted by molar-refractivity contribution is -0.119. The molecule has 0 radical (unpaired) electrons. The Kier molecular flexibility index (Phi) is 4.99. The maximum atomic E-state index is 12.0. The fraction of sp³-hybridized carbons (Fsp3) is 0.533. The number of aryl methyl sites for hydroxylation is 1. The van der Waals surface area contributed by atoms with Gasteiger partial charge in [-0.25, -0.2) is 0 Å². The third-order valence-electron chi connectivity index (χ3n) is 3.46. The first-order chi connectivity index (χ1) is 9.08. The van der Waals surface area contributed by atoms with E-state index < -0.39 is 0 Å². The van der Waals surface area contributed by atoms with Crippen molar-refractivity contribution in [2.45, 2.75) is 39.2 Å². The molecule has 0 spiro atoms. The molecule has 1 aromatic rings. The van der Waals surface area contributed by atoms with Gasteiger partial charge in [-0.3, -0.25) is 4.79 Å². The van der Waals surface area contributed by atoms with Crippen molar-refractivity contribution < 1.29 is 9.53 Å². The van der Waals surface area contributed by atoms with Gasteiger partial charge in [0.15, 0.2) is 0 Å². The highest BCUT2D eigenvalue weighted by molar-refractivity contribution is 9.10. The van der Waals surface area contributed by atoms with Gasteiger partial charge in [-0.15, -0.1) is 0 Å². The molecule has 1 N–H and O–H groups in total. The number of carbonyl (C=O) groups excluding carboxylic acids is 1. The summed E-state index contributed by atoms with van der Waals surface area (Å²) < 4.78 is 6.43. The molecule has 1 fully saturated rings. The van der Waals surface area contributed by atoms with Crippen LogP contribution in [0.1, 0.15) is 31.7 Å². The minimum atomic E-state index is 0.0891. The summed E-state index contributed by atoms with van der Waals surface area (Å²) in [5.41, 5.74) is 1.99. The molecule has 19 heavy (non-hydrogen) atoms. The number of hydrogen-bond acceptors (Lipinski definition) is 2. The predicted molar refractivity (Wildman–Crippen MR) is 80.3 cm³/mol. The van der Waals surface area contributed by atoms with Gasteiger partial charge in [0.1, 0.15) is 0 Å². The van der Waals surface area contributed by atoms with E-state index in [1.165, 1.54) is 0 Å². The molecule has 1 saturated carbocycles. The van der Waals surface area contributed by atoms with Gasteiger partial charge in [-0.1, -0.05) is 6.07 Å². The third-order valence-corrected chi connectivity index (χ3v) is 4.16. The van der Waals surface area contributed by atoms with E-state index in [9.17, 15) is 4.79 Å². The summed E-state index contributed by atoms with van der Waals surface area (Å²) in [7, 11) is 0. The average molecular weight is 326 g/mol. The van der Waals surface area contributed by atoms with E-state index in [2.05, 4.69) is 21.2 Å². The molecule has 104 valence electrons. The Balaban J connectivity index is 1.80. The largest absolute Gasteiger partial charge is 0.378 e. The van der Waals surface area contributed by atoms with E-state index in [1.807, 2.05) is 32.0 Å². The molecule has 0 atom stereocenters. The zero-order valence-electron chi connectivity index (χ0n) is 11.4. The molecular weight excluding hydrogens is 306 g/mol. The lowest BCUT2D eigenvalue weighted by Crippen LogP contribution is -2.33. The normalized spacial score (nSPS) is 21.8. The van der Waals surface area contributed by atoms with Crippen LogP contribution in [0.15, 0.2) is 22.7 Å². The summed E-state index contributed by atoms with van der Waals surface area (Å²) in [6, 6.07) is 5.95. The minimum absolute atomic E-state index is 0.0891. The number of carbonyl (C=O) groups is 1. The molecule has 1 aliphatic rings. The van der Waals surface area contributed by atoms with Gasteiger partial charge in [0, 0.05) is 17.5 Å². The topological polar surface area (TPSA) is 38.3 Å². The van der Waals surface area contributed by atoms with E-state index in [-0.39, 0.29) is 5.91 Å². The van der Waals surface area contributed by atoms with Gasteiger partial charge < -0.3 is 10.1 Å². The van der Waals surface area contributed by atoms with Crippen molar-refractivity contribution in [2.75, 3.05) is 11.9 Å². The van der Waals surface area contributed by atoms with Gasteiger partial charge >= 0.3 is 0 Å². The molecule has 1 amide bonds. The molecule has 0 bridgehead atoms. The van der Waals surface area contributed by atoms with Crippen LogP contribution >= 0.6 is 15.9 Å². The zero-order valence-corrected chi connectivity index (χ0v) is 13.0. The number of benzene rings is 1. The zero-order chi connectivity index (χ0) is 13.8. The molecule has 0 aromatic heterocycles. The second-order valence-corrected chi connectivity index (χ2v) is 6.00. The number of rotatable bonds is 5. The number of amides is 1. The van der Waals surface area contributed by atoms with Crippen LogP contribution in [0, 0.1) is 12.8 Å². The van der Waals surface area contributed by atoms with Crippen molar-refractivity contribution in [1.82, 2.24) is 0 Å². The van der Waals surface area contributed by atoms with Gasteiger partial charge in [0.2, 0.25) is 5.91 Å². The molecule has 4 heteroatoms. The van der Waals surface area contributed by atoms with E-state index in [4.69, 9.17) is 4.74 Å². The van der Waals surface area contributed by atoms with Crippen molar-refractivity contribution >= 4 is 27.5 Å². The van der Waals surface area contributed by atoms with E-state index in [1.54, 1.807) is 0 Å². The second kappa shape index (κ2) is 6.53. The third kappa shape index (κ3) is 4.05. The van der Waals surface area contributed by atoms with Crippen LogP contribution in [0.2, 0.25) is 0 Å². The van der Waals surface area contributed by atoms with E-state index >= 15 is 0 Å². The van der Waals surface area contributed by atoms with E-state index in [0.717, 1.165) is 35.2 Å². The SMILES string of the molecule is CCOC1CC(CC(=O)Nc2cc(C)ccc2Br)C1. The highest BCUT2D eigenvalue weighted by atomic mass is 79.9. The van der Waals surface area contributed by atoms with Gasteiger partial charge in [-0.2, -0.15) is 0 Å². The fourth-order valence-electron chi connectivity index (χ4n) is 2.41. The number of nitrogens with one attached hydrogen (secondary N) is 1. The van der Waals surface area contributed by atoms with Crippen molar-refractivity contribution in [2.24, 2.45) is 5.92 Å². The maximum absolute atomic E-state index is 12.0. The molecule has 1 aromatic carbocycles. The van der Waals surface area contributed by atoms with Gasteiger partial charge in [0.25, 0.3) is 0 Å². The fourth-order valence-corrected chi connectivity index (χ4v) is 2.76. The quantitative estimate of drug-likeness (QED) is 0.891. The maximum Gasteiger partial charge on any atom is 0.224 e. The summed E-state index contributed by atoms with van der Waals surface area (Å²) >= 11 is 3.45. The molecule has 0 heterocycles. The van der Waals surface area contributed by atoms with Gasteiger partial charge in [0.05, 0.1) is 11.8 Å². The predicted octanol–water partition coefficient (Wildman–Crippen LogP) is 3.90. The lowest BCUT2D eigenvalue weighted by atomic mass is 9.80. The summed E-state index contributed by atoms with van der Waals surface area (Å²) in [6.45, 7) is 4.79. The smallest absolute Gasteiger partial charge is 0.224 e. The number of ether oxygens (including phenoxy) is 1. The Bertz CT molecular complexity index is 455. The number of hydrogen-bond donors (Lipinski definition) is 1. The Hall–Kier alpha value is -0.870. The highest BCUT2D eigenvalue weighted by Crippen LogP contribution is 2.33. The van der Waals surface area contributed by atoms with Crippen molar-refractivity contribution in [1.29, 1.82) is 0 Å². The first kappa shape index (κ1) is 14.5. The van der Waals surface area contributed by atoms with Crippen LogP contribution in [0.25, 0.3) is 0 Å². The Morgan fingerprint density at radius 3 is 2.89 bits per heavy atom. The minimum Gasteiger partial charge on any atom is -0.378 e. The number of anilines is 1. The van der Waals surface area contributed by atoms with Crippen molar-refractivity contribution in [3.63, 3.8) is 0 Å². The van der Waals surface area contributed by atoms with Crippen LogP contribution in [0.5, 0.6) is 0 Å². The molecule has 0 aliphatic heterocycles. The molecular formula is C15H20BrNO2. The molecule has 0 saturated heterocycles. The molecule has 0 unspecified atom stereocenters. The lowest BCUT2D eigenvalue weighted by Gasteiger charge is -2.34. The standard InChI is InChI=1S/C15H20BrNO2/c1-3-19-12-7-11(8-12)9-15(18)17-14-6-10(2)4-5-13(14)16/h4-6,11-12H,3,7-9H2,1-2H3,(H,17,18). The second-order valence-electron chi connectivity index (χ2n) is 5.15. The van der Waals surface area contributed by atoms with E-state index in [0.29, 0.717) is 18.4 Å². The summed E-state index contributed by atoms with van der Waals surface area (Å²) in [4.78, 5) is 12.0. The first-order valence-corrected chi connectivity index (χ1v) is 7.55.